The number of nitrogens with two attached hydrogens (primary N) is 2. The van der Waals surface area contributed by atoms with Gasteiger partial charge >= 0.3 is 5.97 Å². The Labute approximate surface area is 481 Å². The quantitative estimate of drug-likeness (QED) is 0.0240. The van der Waals surface area contributed by atoms with Crippen LogP contribution in [0.3, 0.4) is 0 Å². The van der Waals surface area contributed by atoms with Crippen molar-refractivity contribution in [2.45, 2.75) is 170 Å². The topological polar surface area (TPSA) is 277 Å². The number of anilines is 2. The third kappa shape index (κ3) is 20.2. The number of unbranched alkanes of at least 4 members (excludes halogenated alkanes) is 6. The lowest BCUT2D eigenvalue weighted by Crippen LogP contribution is -2.32. The van der Waals surface area contributed by atoms with Gasteiger partial charge in [-0.05, 0) is 57.6 Å². The number of benzene rings is 2. The van der Waals surface area contributed by atoms with Gasteiger partial charge in [0.1, 0.15) is 34.2 Å². The average Bonchev–Trinajstić information content (AvgIpc) is 4.17. The van der Waals surface area contributed by atoms with Crippen molar-refractivity contribution in [1.82, 2.24) is 39.5 Å². The molecule has 82 heavy (non-hydrogen) atoms. The van der Waals surface area contributed by atoms with E-state index in [1.165, 1.54) is 0 Å². The van der Waals surface area contributed by atoms with E-state index in [0.29, 0.717) is 95.0 Å². The van der Waals surface area contributed by atoms with Gasteiger partial charge in [0.05, 0.1) is 81.3 Å². The molecule has 0 radical (unpaired) electrons. The molecule has 1 saturated heterocycles. The average molecular weight is 1140 g/mol. The molecule has 1 aliphatic rings. The van der Waals surface area contributed by atoms with Gasteiger partial charge in [-0.15, -0.1) is 5.06 Å². The zero-order valence-electron chi connectivity index (χ0n) is 47.8. The first-order valence-corrected chi connectivity index (χ1v) is 29.2. The molecule has 1 fully saturated rings. The molecule has 1 aliphatic heterocycles. The summed E-state index contributed by atoms with van der Waals surface area (Å²) in [4.78, 5) is 94.2. The number of rotatable bonds is 38. The molecule has 6 aromatic rings. The largest absolute Gasteiger partial charge is 0.382 e. The predicted molar refractivity (Wildman–Crippen MR) is 317 cm³/mol. The number of imidazole rings is 2. The summed E-state index contributed by atoms with van der Waals surface area (Å²) >= 11 is 0. The van der Waals surface area contributed by atoms with Gasteiger partial charge in [-0.3, -0.25) is 24.0 Å². The molecular weight excluding hydrogens is 1050 g/mol. The molecule has 0 bridgehead atoms. The Kier molecular flexibility index (Phi) is 28.8. The highest BCUT2D eigenvalue weighted by atomic mass is 16.7. The van der Waals surface area contributed by atoms with Crippen LogP contribution in [-0.2, 0) is 78.5 Å². The third-order valence-corrected chi connectivity index (χ3v) is 13.9. The molecule has 0 saturated carbocycles. The number of ether oxygens (including phenoxy) is 4. The molecule has 21 heteroatoms. The SMILES string of the molecule is C.CCCCc1nc2c(N)nc3ccccc3c2n1CCCCCC(=O)CCOCCOCCC(=O)NCC.CCCCc1nc2c(N)nc3ccccc3c2n1CCCCCC(=O)CCOCCOCCC(=O)ON1C(=O)CCC1=O. The van der Waals surface area contributed by atoms with Crippen molar-refractivity contribution in [3.8, 4) is 0 Å². The van der Waals surface area contributed by atoms with E-state index in [4.69, 9.17) is 45.2 Å². The number of imide groups is 1. The lowest BCUT2D eigenvalue weighted by atomic mass is 10.1. The lowest BCUT2D eigenvalue weighted by molar-refractivity contribution is -0.198. The molecule has 21 nitrogen and oxygen atoms in total. The molecule has 2 aromatic carbocycles. The van der Waals surface area contributed by atoms with Crippen LogP contribution in [0, 0.1) is 0 Å². The minimum absolute atomic E-state index is 0. The van der Waals surface area contributed by atoms with Gasteiger partial charge in [-0.25, -0.2) is 24.7 Å². The lowest BCUT2D eigenvalue weighted by Gasteiger charge is -2.12. The first-order valence-electron chi connectivity index (χ1n) is 29.2. The van der Waals surface area contributed by atoms with E-state index in [9.17, 15) is 28.8 Å². The highest BCUT2D eigenvalue weighted by Gasteiger charge is 2.32. The molecule has 0 aliphatic carbocycles. The van der Waals surface area contributed by atoms with E-state index >= 15 is 0 Å². The van der Waals surface area contributed by atoms with Crippen molar-refractivity contribution in [2.24, 2.45) is 0 Å². The van der Waals surface area contributed by atoms with Crippen LogP contribution < -0.4 is 16.8 Å². The minimum Gasteiger partial charge on any atom is -0.382 e. The zero-order chi connectivity index (χ0) is 57.8. The number of hydrogen-bond acceptors (Lipinski definition) is 17. The van der Waals surface area contributed by atoms with E-state index in [1.807, 2.05) is 43.3 Å². The maximum absolute atomic E-state index is 12.3. The van der Waals surface area contributed by atoms with Gasteiger partial charge in [0.25, 0.3) is 11.8 Å². The van der Waals surface area contributed by atoms with Gasteiger partial charge in [0.15, 0.2) is 11.6 Å². The van der Waals surface area contributed by atoms with Crippen LogP contribution >= 0.6 is 0 Å². The molecule has 4 aromatic heterocycles. The predicted octanol–water partition coefficient (Wildman–Crippen LogP) is 9.28. The van der Waals surface area contributed by atoms with Crippen LogP contribution in [0.5, 0.6) is 0 Å². The summed E-state index contributed by atoms with van der Waals surface area (Å²) < 4.78 is 26.3. The number of nitrogens with one attached hydrogen (secondary N) is 1. The number of nitrogen functional groups attached to an aromatic ring is 2. The van der Waals surface area contributed by atoms with Crippen molar-refractivity contribution in [1.29, 1.82) is 0 Å². The number of carbonyl (C=O) groups is 6. The van der Waals surface area contributed by atoms with Crippen molar-refractivity contribution in [3.63, 3.8) is 0 Å². The third-order valence-electron chi connectivity index (χ3n) is 13.9. The fourth-order valence-electron chi connectivity index (χ4n) is 9.56. The summed E-state index contributed by atoms with van der Waals surface area (Å²) in [6.45, 7) is 11.1. The van der Waals surface area contributed by atoms with Gasteiger partial charge in [-0.1, -0.05) is 83.4 Å². The minimum atomic E-state index is -0.707. The van der Waals surface area contributed by atoms with Crippen LogP contribution in [0.1, 0.15) is 155 Å². The van der Waals surface area contributed by atoms with Crippen LogP contribution in [0.25, 0.3) is 43.9 Å². The van der Waals surface area contributed by atoms with Crippen LogP contribution in [0.15, 0.2) is 48.5 Å². The smallest absolute Gasteiger partial charge is 0.335 e. The Morgan fingerprint density at radius 3 is 1.39 bits per heavy atom. The van der Waals surface area contributed by atoms with E-state index in [0.717, 1.165) is 146 Å². The number of amides is 3. The van der Waals surface area contributed by atoms with Crippen LogP contribution in [0.2, 0.25) is 0 Å². The second-order valence-corrected chi connectivity index (χ2v) is 20.1. The number of hydrogen-bond donors (Lipinski definition) is 3. The number of hydroxylamine groups is 2. The van der Waals surface area contributed by atoms with Gasteiger partial charge in [-0.2, -0.15) is 0 Å². The number of nitrogens with zero attached hydrogens (tertiary/aromatic N) is 7. The normalized spacial score (nSPS) is 12.4. The first kappa shape index (κ1) is 65.9. The summed E-state index contributed by atoms with van der Waals surface area (Å²) in [5, 5.41) is 5.38. The number of ketones is 2. The van der Waals surface area contributed by atoms with E-state index in [-0.39, 0.29) is 57.4 Å². The summed E-state index contributed by atoms with van der Waals surface area (Å²) in [6, 6.07) is 16.1. The molecule has 3 amide bonds. The van der Waals surface area contributed by atoms with Gasteiger partial charge in [0.2, 0.25) is 5.91 Å². The van der Waals surface area contributed by atoms with E-state index < -0.39 is 17.8 Å². The number of para-hydroxylation sites is 2. The molecule has 5 N–H and O–H groups in total. The van der Waals surface area contributed by atoms with E-state index in [1.54, 1.807) is 0 Å². The molecule has 0 unspecified atom stereocenters. The number of Topliss-reactive ketones (excluding diaryl/α,β-unsaturated/α-hetero) is 2. The molecule has 0 atom stereocenters. The summed E-state index contributed by atoms with van der Waals surface area (Å²) in [5.41, 5.74) is 18.0. The fraction of sp³-hybridized carbons (Fsp3) is 0.574. The molecule has 448 valence electrons. The number of fused-ring (bicyclic) bond motifs is 6. The Hall–Kier alpha value is -6.94. The number of aryl methyl sites for hydroxylation is 4. The maximum Gasteiger partial charge on any atom is 0.335 e. The highest BCUT2D eigenvalue weighted by molar-refractivity contribution is 6.07. The van der Waals surface area contributed by atoms with Crippen LogP contribution in [-0.4, -0.2) is 129 Å². The molecular formula is C61H88N10O11. The van der Waals surface area contributed by atoms with Crippen molar-refractivity contribution >= 4 is 90.8 Å². The first-order chi connectivity index (χ1) is 39.4. The zero-order valence-corrected chi connectivity index (χ0v) is 47.8. The number of carbonyl (C=O) groups excluding carboxylic acids is 6. The Morgan fingerprint density at radius 2 is 0.951 bits per heavy atom. The Balaban J connectivity index is 0.000000299. The second-order valence-electron chi connectivity index (χ2n) is 20.1. The van der Waals surface area contributed by atoms with Crippen LogP contribution in [0.4, 0.5) is 11.6 Å². The van der Waals surface area contributed by atoms with E-state index in [2.05, 4.69) is 50.4 Å². The summed E-state index contributed by atoms with van der Waals surface area (Å²) in [6.07, 6.45) is 13.8. The molecule has 7 rings (SSSR count). The van der Waals surface area contributed by atoms with Crippen molar-refractivity contribution in [2.75, 3.05) is 70.9 Å². The Bertz CT molecular complexity index is 3000. The molecule has 5 heterocycles. The highest BCUT2D eigenvalue weighted by Crippen LogP contribution is 2.31. The van der Waals surface area contributed by atoms with Crippen molar-refractivity contribution in [3.05, 3.63) is 60.2 Å². The summed E-state index contributed by atoms with van der Waals surface area (Å²) in [5.74, 6) is 1.68. The van der Waals surface area contributed by atoms with Gasteiger partial charge < -0.3 is 49.7 Å². The number of aromatic nitrogens is 6. The molecule has 0 spiro atoms. The Morgan fingerprint density at radius 1 is 0.524 bits per heavy atom. The maximum atomic E-state index is 12.3. The van der Waals surface area contributed by atoms with Gasteiger partial charge in [0, 0.05) is 88.2 Å². The standard InChI is InChI=1S/C31H41N5O7.C29H43N5O4.CH4/c1-2-3-12-25-34-29-30(23-10-6-7-11-24(23)33-31(29)32)35(25)17-8-4-5-9-22(37)15-18-41-20-21-42-19-16-28(40)43-36-26(38)13-14-27(36)39;1-3-5-14-25-33-27-28(23-12-8-9-13-24(23)32-29(27)30)34(25)17-10-6-7-11-22(35)15-18-37-20-21-38-19-16-26(36)31-4-2;/h6-7,10-11H,2-5,8-9,12-21H2,1H3,(H2,32,33);8-9,12-13H,3-7,10-11,14-21H2,1-2H3,(H2,30,32)(H,31,36);1H4. The monoisotopic (exact) mass is 1140 g/mol. The summed E-state index contributed by atoms with van der Waals surface area (Å²) in [7, 11) is 0. The second kappa shape index (κ2) is 35.8. The van der Waals surface area contributed by atoms with Crippen molar-refractivity contribution < 1.29 is 52.6 Å². The number of pyridine rings is 2. The fourth-order valence-corrected chi connectivity index (χ4v) is 9.56.